The number of hydrogen-bond acceptors (Lipinski definition) is 6. The van der Waals surface area contributed by atoms with Gasteiger partial charge in [0.15, 0.2) is 6.10 Å². The zero-order chi connectivity index (χ0) is 19.6. The number of sulfonamides is 1. The first-order valence-electron chi connectivity index (χ1n) is 8.02. The lowest BCUT2D eigenvalue weighted by Crippen LogP contribution is -2.48. The van der Waals surface area contributed by atoms with Gasteiger partial charge >= 0.3 is 5.97 Å². The summed E-state index contributed by atoms with van der Waals surface area (Å²) in [5.41, 5.74) is 1.19. The monoisotopic (exact) mass is 390 g/mol. The minimum Gasteiger partial charge on any atom is -0.476 e. The quantitative estimate of drug-likeness (QED) is 0.797. The number of hydrogen-bond donors (Lipinski definition) is 1. The Morgan fingerprint density at radius 2 is 1.81 bits per heavy atom. The van der Waals surface area contributed by atoms with Crippen LogP contribution in [0.4, 0.5) is 11.4 Å². The van der Waals surface area contributed by atoms with Crippen molar-refractivity contribution >= 4 is 33.3 Å². The molecule has 0 bridgehead atoms. The standard InChI is InChI=1S/C18H18N2O6S/c1-25-18(22)12-7-9-13(10-8-12)19-17(21)16-11-20(27(2,23)24)14-5-3-4-6-15(14)26-16/h3-10,16H,11H2,1-2H3,(H,19,21)/t16-/m1/s1. The van der Waals surface area contributed by atoms with Crippen molar-refractivity contribution < 1.29 is 27.5 Å². The summed E-state index contributed by atoms with van der Waals surface area (Å²) in [5.74, 6) is -0.664. The lowest BCUT2D eigenvalue weighted by Gasteiger charge is -2.33. The van der Waals surface area contributed by atoms with E-state index >= 15 is 0 Å². The topological polar surface area (TPSA) is 102 Å². The van der Waals surface area contributed by atoms with Gasteiger partial charge in [-0.2, -0.15) is 0 Å². The highest BCUT2D eigenvalue weighted by Crippen LogP contribution is 2.34. The second-order valence-corrected chi connectivity index (χ2v) is 7.83. The molecule has 27 heavy (non-hydrogen) atoms. The van der Waals surface area contributed by atoms with Crippen molar-refractivity contribution in [1.82, 2.24) is 0 Å². The number of amides is 1. The van der Waals surface area contributed by atoms with Crippen LogP contribution in [0.1, 0.15) is 10.4 Å². The van der Waals surface area contributed by atoms with E-state index in [1.54, 1.807) is 36.4 Å². The SMILES string of the molecule is COC(=O)c1ccc(NC(=O)[C@H]2CN(S(C)(=O)=O)c3ccccc3O2)cc1. The van der Waals surface area contributed by atoms with E-state index in [0.717, 1.165) is 10.6 Å². The normalized spacial score (nSPS) is 16.1. The van der Waals surface area contributed by atoms with E-state index < -0.39 is 28.0 Å². The predicted molar refractivity (Wildman–Crippen MR) is 99.5 cm³/mol. The van der Waals surface area contributed by atoms with Gasteiger partial charge in [0.2, 0.25) is 10.0 Å². The third kappa shape index (κ3) is 4.03. The Bertz CT molecular complexity index is 972. The summed E-state index contributed by atoms with van der Waals surface area (Å²) in [6, 6.07) is 12.8. The van der Waals surface area contributed by atoms with Gasteiger partial charge in [0.1, 0.15) is 5.75 Å². The van der Waals surface area contributed by atoms with Crippen LogP contribution in [-0.4, -0.2) is 46.3 Å². The number of benzene rings is 2. The minimum atomic E-state index is -3.57. The van der Waals surface area contributed by atoms with Gasteiger partial charge < -0.3 is 14.8 Å². The number of anilines is 2. The lowest BCUT2D eigenvalue weighted by molar-refractivity contribution is -0.122. The number of methoxy groups -OCH3 is 1. The summed E-state index contributed by atoms with van der Waals surface area (Å²) in [7, 11) is -2.29. The van der Waals surface area contributed by atoms with Crippen molar-refractivity contribution in [3.05, 3.63) is 54.1 Å². The van der Waals surface area contributed by atoms with Crippen molar-refractivity contribution in [2.75, 3.05) is 29.5 Å². The summed E-state index contributed by atoms with van der Waals surface area (Å²) in [4.78, 5) is 24.0. The van der Waals surface area contributed by atoms with Gasteiger partial charge in [-0.05, 0) is 36.4 Å². The van der Waals surface area contributed by atoms with Crippen molar-refractivity contribution in [3.8, 4) is 5.75 Å². The molecule has 8 nitrogen and oxygen atoms in total. The number of esters is 1. The van der Waals surface area contributed by atoms with Gasteiger partial charge in [-0.15, -0.1) is 0 Å². The molecule has 0 fully saturated rings. The van der Waals surface area contributed by atoms with E-state index in [1.807, 2.05) is 0 Å². The molecular weight excluding hydrogens is 372 g/mol. The summed E-state index contributed by atoms with van der Waals surface area (Å²) in [6.07, 6.45) is 0.0604. The Balaban J connectivity index is 1.78. The zero-order valence-electron chi connectivity index (χ0n) is 14.7. The van der Waals surface area contributed by atoms with E-state index in [2.05, 4.69) is 10.1 Å². The first-order valence-corrected chi connectivity index (χ1v) is 9.87. The zero-order valence-corrected chi connectivity index (χ0v) is 15.5. The van der Waals surface area contributed by atoms with Crippen molar-refractivity contribution in [1.29, 1.82) is 0 Å². The average Bonchev–Trinajstić information content (AvgIpc) is 2.66. The molecule has 2 aromatic rings. The second kappa shape index (κ2) is 7.28. The fraction of sp³-hybridized carbons (Fsp3) is 0.222. The first kappa shape index (κ1) is 18.7. The molecule has 3 rings (SSSR count). The number of ether oxygens (including phenoxy) is 2. The maximum Gasteiger partial charge on any atom is 0.337 e. The number of fused-ring (bicyclic) bond motifs is 1. The molecule has 0 aliphatic carbocycles. The number of nitrogens with zero attached hydrogens (tertiary/aromatic N) is 1. The van der Waals surface area contributed by atoms with Gasteiger partial charge in [-0.3, -0.25) is 9.10 Å². The molecule has 1 atom stereocenters. The maximum atomic E-state index is 12.6. The Labute approximate surface area is 156 Å². The molecule has 1 aliphatic heterocycles. The fourth-order valence-corrected chi connectivity index (χ4v) is 3.60. The van der Waals surface area contributed by atoms with Crippen LogP contribution in [0.3, 0.4) is 0 Å². The van der Waals surface area contributed by atoms with E-state index in [4.69, 9.17) is 4.74 Å². The Morgan fingerprint density at radius 3 is 2.44 bits per heavy atom. The molecule has 1 amide bonds. The highest BCUT2D eigenvalue weighted by Gasteiger charge is 2.34. The molecule has 1 aliphatic rings. The van der Waals surface area contributed by atoms with Gasteiger partial charge in [0.05, 0.1) is 31.2 Å². The van der Waals surface area contributed by atoms with Crippen LogP contribution in [0.5, 0.6) is 5.75 Å². The van der Waals surface area contributed by atoms with Crippen LogP contribution in [-0.2, 0) is 19.6 Å². The van der Waals surface area contributed by atoms with E-state index in [9.17, 15) is 18.0 Å². The Hall–Kier alpha value is -3.07. The van der Waals surface area contributed by atoms with Crippen LogP contribution >= 0.6 is 0 Å². The highest BCUT2D eigenvalue weighted by atomic mass is 32.2. The maximum absolute atomic E-state index is 12.6. The van der Waals surface area contributed by atoms with Crippen LogP contribution in [0.2, 0.25) is 0 Å². The molecule has 9 heteroatoms. The number of para-hydroxylation sites is 2. The van der Waals surface area contributed by atoms with Gasteiger partial charge in [-0.25, -0.2) is 13.2 Å². The van der Waals surface area contributed by atoms with Gasteiger partial charge in [0.25, 0.3) is 5.91 Å². The fourth-order valence-electron chi connectivity index (χ4n) is 2.68. The van der Waals surface area contributed by atoms with Crippen molar-refractivity contribution in [3.63, 3.8) is 0 Å². The third-order valence-electron chi connectivity index (χ3n) is 4.00. The van der Waals surface area contributed by atoms with E-state index in [0.29, 0.717) is 22.7 Å². The molecule has 2 aromatic carbocycles. The molecule has 0 unspecified atom stereocenters. The summed E-state index contributed by atoms with van der Waals surface area (Å²) in [6.45, 7) is -0.137. The van der Waals surface area contributed by atoms with Crippen LogP contribution in [0.25, 0.3) is 0 Å². The number of carbonyl (C=O) groups excluding carboxylic acids is 2. The Morgan fingerprint density at radius 1 is 1.15 bits per heavy atom. The number of carbonyl (C=O) groups is 2. The molecule has 1 heterocycles. The molecule has 0 saturated heterocycles. The van der Waals surface area contributed by atoms with E-state index in [1.165, 1.54) is 19.2 Å². The predicted octanol–water partition coefficient (Wildman–Crippen LogP) is 1.64. The summed E-state index contributed by atoms with van der Waals surface area (Å²) >= 11 is 0. The smallest absolute Gasteiger partial charge is 0.337 e. The van der Waals surface area contributed by atoms with Crippen LogP contribution in [0, 0.1) is 0 Å². The molecular formula is C18H18N2O6S. The van der Waals surface area contributed by atoms with Crippen LogP contribution < -0.4 is 14.4 Å². The molecule has 0 saturated carbocycles. The molecule has 0 aromatic heterocycles. The van der Waals surface area contributed by atoms with E-state index in [-0.39, 0.29) is 6.54 Å². The average molecular weight is 390 g/mol. The highest BCUT2D eigenvalue weighted by molar-refractivity contribution is 7.92. The lowest BCUT2D eigenvalue weighted by atomic mass is 10.2. The third-order valence-corrected chi connectivity index (χ3v) is 5.15. The molecule has 0 spiro atoms. The Kier molecular flexibility index (Phi) is 5.04. The van der Waals surface area contributed by atoms with Gasteiger partial charge in [-0.1, -0.05) is 12.1 Å². The van der Waals surface area contributed by atoms with Crippen molar-refractivity contribution in [2.24, 2.45) is 0 Å². The number of nitrogens with one attached hydrogen (secondary N) is 1. The largest absolute Gasteiger partial charge is 0.476 e. The minimum absolute atomic E-state index is 0.137. The van der Waals surface area contributed by atoms with Crippen LogP contribution in [0.15, 0.2) is 48.5 Å². The first-order chi connectivity index (χ1) is 12.8. The summed E-state index contributed by atoms with van der Waals surface area (Å²) < 4.78 is 35.6. The van der Waals surface area contributed by atoms with Gasteiger partial charge in [0, 0.05) is 5.69 Å². The number of rotatable bonds is 4. The summed E-state index contributed by atoms with van der Waals surface area (Å²) in [5, 5.41) is 2.66. The second-order valence-electron chi connectivity index (χ2n) is 5.93. The van der Waals surface area contributed by atoms with Crippen molar-refractivity contribution in [2.45, 2.75) is 6.10 Å². The molecule has 0 radical (unpaired) electrons. The molecule has 1 N–H and O–H groups in total. The molecule has 142 valence electrons.